The summed E-state index contributed by atoms with van der Waals surface area (Å²) in [6, 6.07) is 4.33. The van der Waals surface area contributed by atoms with Crippen LogP contribution in [0.15, 0.2) is 18.2 Å². The summed E-state index contributed by atoms with van der Waals surface area (Å²) in [5.41, 5.74) is 6.65. The third kappa shape index (κ3) is 2.59. The molecule has 1 aromatic carbocycles. The number of nitrogens with one attached hydrogen (secondary N) is 1. The highest BCUT2D eigenvalue weighted by Crippen LogP contribution is 2.31. The third-order valence-corrected chi connectivity index (χ3v) is 3.31. The summed E-state index contributed by atoms with van der Waals surface area (Å²) in [6.07, 6.45) is 1.54. The third-order valence-electron chi connectivity index (χ3n) is 3.31. The lowest BCUT2D eigenvalue weighted by molar-refractivity contribution is -0.384. The van der Waals surface area contributed by atoms with Gasteiger partial charge < -0.3 is 16.0 Å². The molecule has 0 radical (unpaired) electrons. The van der Waals surface area contributed by atoms with Crippen molar-refractivity contribution in [3.8, 4) is 0 Å². The molecule has 1 aromatic rings. The quantitative estimate of drug-likeness (QED) is 0.626. The van der Waals surface area contributed by atoms with E-state index in [4.69, 9.17) is 5.73 Å². The topological polar surface area (TPSA) is 102 Å². The Hall–Kier alpha value is -2.31. The van der Waals surface area contributed by atoms with E-state index in [1.807, 2.05) is 4.90 Å². The number of primary amides is 1. The van der Waals surface area contributed by atoms with Crippen molar-refractivity contribution in [2.45, 2.75) is 18.9 Å². The molecule has 1 atom stereocenters. The lowest BCUT2D eigenvalue weighted by atomic mass is 10.2. The van der Waals surface area contributed by atoms with Crippen molar-refractivity contribution in [1.29, 1.82) is 0 Å². The molecule has 7 heteroatoms. The molecule has 1 fully saturated rings. The number of non-ortho nitro benzene ring substituents is 1. The summed E-state index contributed by atoms with van der Waals surface area (Å²) in [4.78, 5) is 23.7. The van der Waals surface area contributed by atoms with Crippen LogP contribution >= 0.6 is 0 Å². The minimum Gasteiger partial charge on any atom is -0.388 e. The molecule has 102 valence electrons. The van der Waals surface area contributed by atoms with Crippen LogP contribution in [0.2, 0.25) is 0 Å². The molecular weight excluding hydrogens is 248 g/mol. The van der Waals surface area contributed by atoms with Crippen LogP contribution in [0.1, 0.15) is 12.8 Å². The smallest absolute Gasteiger partial charge is 0.273 e. The zero-order chi connectivity index (χ0) is 14.0. The largest absolute Gasteiger partial charge is 0.388 e. The molecule has 1 amide bonds. The molecule has 0 bridgehead atoms. The van der Waals surface area contributed by atoms with Crippen LogP contribution in [0.4, 0.5) is 17.1 Å². The highest BCUT2D eigenvalue weighted by Gasteiger charge is 2.30. The number of nitrogens with zero attached hydrogens (tertiary/aromatic N) is 2. The van der Waals surface area contributed by atoms with Gasteiger partial charge in [-0.25, -0.2) is 0 Å². The normalized spacial score (nSPS) is 18.4. The SMILES string of the molecule is CNc1cc(N2CCCC2C(N)=O)cc([N+](=O)[O-])c1. The minimum atomic E-state index is -0.445. The molecule has 3 N–H and O–H groups in total. The number of hydrogen-bond acceptors (Lipinski definition) is 5. The zero-order valence-electron chi connectivity index (χ0n) is 10.6. The lowest BCUT2D eigenvalue weighted by Crippen LogP contribution is -2.40. The molecule has 0 saturated carbocycles. The van der Waals surface area contributed by atoms with E-state index in [1.54, 1.807) is 13.1 Å². The number of nitrogens with two attached hydrogens (primary N) is 1. The highest BCUT2D eigenvalue weighted by atomic mass is 16.6. The van der Waals surface area contributed by atoms with Gasteiger partial charge in [0, 0.05) is 37.1 Å². The molecule has 7 nitrogen and oxygen atoms in total. The van der Waals surface area contributed by atoms with E-state index in [1.165, 1.54) is 12.1 Å². The van der Waals surface area contributed by atoms with Gasteiger partial charge in [0.25, 0.3) is 5.69 Å². The predicted octanol–water partition coefficient (Wildman–Crippen LogP) is 1.09. The molecular formula is C12H16N4O3. The molecule has 1 aliphatic rings. The summed E-state index contributed by atoms with van der Waals surface area (Å²) in [5.74, 6) is -0.394. The van der Waals surface area contributed by atoms with Crippen molar-refractivity contribution in [1.82, 2.24) is 0 Å². The summed E-state index contributed by atoms with van der Waals surface area (Å²) >= 11 is 0. The molecule has 2 rings (SSSR count). The van der Waals surface area contributed by atoms with Crippen LogP contribution in [-0.2, 0) is 4.79 Å². The fourth-order valence-corrected chi connectivity index (χ4v) is 2.38. The van der Waals surface area contributed by atoms with Crippen molar-refractivity contribution in [3.05, 3.63) is 28.3 Å². The Kier molecular flexibility index (Phi) is 3.55. The summed E-state index contributed by atoms with van der Waals surface area (Å²) in [5, 5.41) is 13.8. The lowest BCUT2D eigenvalue weighted by Gasteiger charge is -2.24. The summed E-state index contributed by atoms with van der Waals surface area (Å²) < 4.78 is 0. The van der Waals surface area contributed by atoms with Crippen LogP contribution in [0.3, 0.4) is 0 Å². The van der Waals surface area contributed by atoms with Gasteiger partial charge in [-0.15, -0.1) is 0 Å². The summed E-state index contributed by atoms with van der Waals surface area (Å²) in [7, 11) is 1.69. The number of carbonyl (C=O) groups is 1. The van der Waals surface area contributed by atoms with Crippen LogP contribution < -0.4 is 16.0 Å². The second-order valence-corrected chi connectivity index (χ2v) is 4.50. The Morgan fingerprint density at radius 3 is 2.84 bits per heavy atom. The second-order valence-electron chi connectivity index (χ2n) is 4.50. The number of carbonyl (C=O) groups excluding carboxylic acids is 1. The average Bonchev–Trinajstić information content (AvgIpc) is 2.87. The maximum absolute atomic E-state index is 11.4. The van der Waals surface area contributed by atoms with Gasteiger partial charge in [0.05, 0.1) is 4.92 Å². The van der Waals surface area contributed by atoms with E-state index in [9.17, 15) is 14.9 Å². The van der Waals surface area contributed by atoms with Gasteiger partial charge in [-0.1, -0.05) is 0 Å². The highest BCUT2D eigenvalue weighted by molar-refractivity contribution is 5.85. The number of hydrogen-bond donors (Lipinski definition) is 2. The predicted molar refractivity (Wildman–Crippen MR) is 72.2 cm³/mol. The Balaban J connectivity index is 2.40. The monoisotopic (exact) mass is 264 g/mol. The Bertz CT molecular complexity index is 518. The van der Waals surface area contributed by atoms with Gasteiger partial charge in [-0.2, -0.15) is 0 Å². The number of rotatable bonds is 4. The van der Waals surface area contributed by atoms with E-state index in [2.05, 4.69) is 5.32 Å². The first-order valence-corrected chi connectivity index (χ1v) is 6.06. The van der Waals surface area contributed by atoms with E-state index in [0.717, 1.165) is 6.42 Å². The van der Waals surface area contributed by atoms with Gasteiger partial charge in [0.15, 0.2) is 0 Å². The van der Waals surface area contributed by atoms with Gasteiger partial charge >= 0.3 is 0 Å². The molecule has 1 aliphatic heterocycles. The van der Waals surface area contributed by atoms with Gasteiger partial charge in [0.2, 0.25) is 5.91 Å². The van der Waals surface area contributed by atoms with E-state index >= 15 is 0 Å². The van der Waals surface area contributed by atoms with Gasteiger partial charge in [-0.05, 0) is 18.9 Å². The van der Waals surface area contributed by atoms with Crippen LogP contribution in [0.25, 0.3) is 0 Å². The van der Waals surface area contributed by atoms with E-state index in [0.29, 0.717) is 24.3 Å². The van der Waals surface area contributed by atoms with Crippen molar-refractivity contribution >= 4 is 23.0 Å². The average molecular weight is 264 g/mol. The first-order chi connectivity index (χ1) is 9.02. The Morgan fingerprint density at radius 2 is 2.26 bits per heavy atom. The van der Waals surface area contributed by atoms with Gasteiger partial charge in [0.1, 0.15) is 6.04 Å². The number of nitro benzene ring substituents is 1. The standard InChI is InChI=1S/C12H16N4O3/c1-14-8-5-9(7-10(6-8)16(18)19)15-4-2-3-11(15)12(13)17/h5-7,11,14H,2-4H2,1H3,(H2,13,17). The Labute approximate surface area is 110 Å². The maximum atomic E-state index is 11.4. The van der Waals surface area contributed by atoms with E-state index in [-0.39, 0.29) is 11.7 Å². The van der Waals surface area contributed by atoms with Crippen molar-refractivity contribution < 1.29 is 9.72 Å². The maximum Gasteiger partial charge on any atom is 0.273 e. The van der Waals surface area contributed by atoms with Crippen molar-refractivity contribution in [2.24, 2.45) is 5.73 Å². The van der Waals surface area contributed by atoms with Crippen LogP contribution in [0.5, 0.6) is 0 Å². The molecule has 1 heterocycles. The number of amides is 1. The minimum absolute atomic E-state index is 0.00281. The van der Waals surface area contributed by atoms with Crippen LogP contribution in [-0.4, -0.2) is 30.5 Å². The van der Waals surface area contributed by atoms with Crippen LogP contribution in [0, 0.1) is 10.1 Å². The molecule has 1 saturated heterocycles. The Morgan fingerprint density at radius 1 is 1.53 bits per heavy atom. The summed E-state index contributed by atoms with van der Waals surface area (Å²) in [6.45, 7) is 0.679. The number of nitro groups is 1. The first kappa shape index (κ1) is 13.1. The zero-order valence-corrected chi connectivity index (χ0v) is 10.6. The fourth-order valence-electron chi connectivity index (χ4n) is 2.38. The van der Waals surface area contributed by atoms with Crippen molar-refractivity contribution in [2.75, 3.05) is 23.8 Å². The first-order valence-electron chi connectivity index (χ1n) is 6.06. The van der Waals surface area contributed by atoms with Crippen molar-refractivity contribution in [3.63, 3.8) is 0 Å². The van der Waals surface area contributed by atoms with Gasteiger partial charge in [-0.3, -0.25) is 14.9 Å². The molecule has 0 aliphatic carbocycles. The molecule has 0 aromatic heterocycles. The molecule has 1 unspecified atom stereocenters. The second kappa shape index (κ2) is 5.13. The number of benzene rings is 1. The fraction of sp³-hybridized carbons (Fsp3) is 0.417. The molecule has 19 heavy (non-hydrogen) atoms. The van der Waals surface area contributed by atoms with E-state index < -0.39 is 10.8 Å². The number of anilines is 2. The molecule has 0 spiro atoms.